The average molecular weight is 310 g/mol. The van der Waals surface area contributed by atoms with Gasteiger partial charge < -0.3 is 10.1 Å². The number of ether oxygens (including phenoxy) is 1. The molecule has 0 amide bonds. The van der Waals surface area contributed by atoms with Crippen molar-refractivity contribution in [3.63, 3.8) is 0 Å². The van der Waals surface area contributed by atoms with E-state index in [1.807, 2.05) is 32.0 Å². The van der Waals surface area contributed by atoms with Crippen LogP contribution in [-0.4, -0.2) is 23.9 Å². The lowest BCUT2D eigenvalue weighted by Crippen LogP contribution is -2.12. The zero-order valence-electron chi connectivity index (χ0n) is 13.9. The molecular weight excluding hydrogens is 288 g/mol. The van der Waals surface area contributed by atoms with Crippen molar-refractivity contribution >= 4 is 5.82 Å². The molecule has 0 bridgehead atoms. The van der Waals surface area contributed by atoms with Gasteiger partial charge in [-0.1, -0.05) is 26.0 Å². The van der Waals surface area contributed by atoms with Crippen molar-refractivity contribution in [1.29, 1.82) is 5.26 Å². The van der Waals surface area contributed by atoms with E-state index in [4.69, 9.17) is 4.74 Å². The molecule has 1 heterocycles. The summed E-state index contributed by atoms with van der Waals surface area (Å²) in [6.07, 6.45) is 2.39. The molecule has 0 saturated carbocycles. The molecule has 0 radical (unpaired) electrons. The summed E-state index contributed by atoms with van der Waals surface area (Å²) in [4.78, 5) is 0. The van der Waals surface area contributed by atoms with Crippen molar-refractivity contribution < 1.29 is 4.74 Å². The van der Waals surface area contributed by atoms with E-state index >= 15 is 0 Å². The van der Waals surface area contributed by atoms with E-state index in [1.54, 1.807) is 7.11 Å². The third-order valence-electron chi connectivity index (χ3n) is 3.80. The highest BCUT2D eigenvalue weighted by atomic mass is 16.5. The molecule has 1 N–H and O–H groups in total. The van der Waals surface area contributed by atoms with E-state index in [9.17, 15) is 5.26 Å². The molecule has 1 aromatic carbocycles. The van der Waals surface area contributed by atoms with Crippen molar-refractivity contribution in [1.82, 2.24) is 10.2 Å². The maximum atomic E-state index is 9.46. The maximum Gasteiger partial charge on any atom is 0.166 e. The van der Waals surface area contributed by atoms with Gasteiger partial charge in [-0.3, -0.25) is 0 Å². The highest BCUT2D eigenvalue weighted by Gasteiger charge is 2.13. The SMILES string of the molecule is CCc1nnc(NCCc2cccc(OC)c2)c(C#N)c1CC. The zero-order chi connectivity index (χ0) is 16.7. The average Bonchev–Trinajstić information content (AvgIpc) is 2.61. The van der Waals surface area contributed by atoms with Crippen molar-refractivity contribution in [3.05, 3.63) is 46.6 Å². The van der Waals surface area contributed by atoms with Gasteiger partial charge in [0.1, 0.15) is 17.4 Å². The van der Waals surface area contributed by atoms with Crippen molar-refractivity contribution in [2.75, 3.05) is 19.0 Å². The first-order valence-electron chi connectivity index (χ1n) is 7.88. The molecule has 2 rings (SSSR count). The number of nitrogens with one attached hydrogen (secondary N) is 1. The van der Waals surface area contributed by atoms with Gasteiger partial charge in [0.15, 0.2) is 5.82 Å². The summed E-state index contributed by atoms with van der Waals surface area (Å²) >= 11 is 0. The molecule has 0 spiro atoms. The van der Waals surface area contributed by atoms with Gasteiger partial charge in [-0.25, -0.2) is 0 Å². The van der Waals surface area contributed by atoms with Crippen LogP contribution in [-0.2, 0) is 19.3 Å². The Morgan fingerprint density at radius 2 is 2.04 bits per heavy atom. The molecule has 0 unspecified atom stereocenters. The lowest BCUT2D eigenvalue weighted by atomic mass is 10.0. The number of rotatable bonds is 7. The van der Waals surface area contributed by atoms with Crippen LogP contribution in [0, 0.1) is 11.3 Å². The van der Waals surface area contributed by atoms with E-state index in [-0.39, 0.29) is 0 Å². The minimum atomic E-state index is 0.574. The van der Waals surface area contributed by atoms with Gasteiger partial charge in [-0.05, 0) is 42.5 Å². The third-order valence-corrected chi connectivity index (χ3v) is 3.80. The fraction of sp³-hybridized carbons (Fsp3) is 0.389. The number of aryl methyl sites for hydroxylation is 1. The summed E-state index contributed by atoms with van der Waals surface area (Å²) in [5, 5.41) is 21.1. The van der Waals surface area contributed by atoms with Gasteiger partial charge in [0, 0.05) is 6.54 Å². The quantitative estimate of drug-likeness (QED) is 0.850. The summed E-state index contributed by atoms with van der Waals surface area (Å²) in [6, 6.07) is 10.2. The largest absolute Gasteiger partial charge is 0.497 e. The number of benzene rings is 1. The van der Waals surface area contributed by atoms with Crippen LogP contribution < -0.4 is 10.1 Å². The topological polar surface area (TPSA) is 70.8 Å². The summed E-state index contributed by atoms with van der Waals surface area (Å²) < 4.78 is 5.23. The number of hydrogen-bond acceptors (Lipinski definition) is 5. The van der Waals surface area contributed by atoms with E-state index in [0.29, 0.717) is 17.9 Å². The highest BCUT2D eigenvalue weighted by Crippen LogP contribution is 2.20. The van der Waals surface area contributed by atoms with Gasteiger partial charge >= 0.3 is 0 Å². The summed E-state index contributed by atoms with van der Waals surface area (Å²) in [5.74, 6) is 1.42. The standard InChI is InChI=1S/C18H22N4O/c1-4-15-16(12-19)18(22-21-17(15)5-2)20-10-9-13-7-6-8-14(11-13)23-3/h6-8,11H,4-5,9-10H2,1-3H3,(H,20,22). The van der Waals surface area contributed by atoms with Crippen molar-refractivity contribution in [2.45, 2.75) is 33.1 Å². The van der Waals surface area contributed by atoms with Crippen LogP contribution in [0.25, 0.3) is 0 Å². The molecule has 0 saturated heterocycles. The minimum absolute atomic E-state index is 0.574. The Bertz CT molecular complexity index is 707. The molecule has 5 heteroatoms. The van der Waals surface area contributed by atoms with Gasteiger partial charge in [-0.15, -0.1) is 5.10 Å². The third kappa shape index (κ3) is 3.98. The van der Waals surface area contributed by atoms with Crippen LogP contribution in [0.3, 0.4) is 0 Å². The smallest absolute Gasteiger partial charge is 0.166 e. The number of nitriles is 1. The second-order valence-electron chi connectivity index (χ2n) is 5.20. The maximum absolute atomic E-state index is 9.46. The second kappa shape index (κ2) is 8.14. The minimum Gasteiger partial charge on any atom is -0.497 e. The number of aromatic nitrogens is 2. The predicted molar refractivity (Wildman–Crippen MR) is 90.7 cm³/mol. The molecule has 120 valence electrons. The Balaban J connectivity index is 2.10. The fourth-order valence-electron chi connectivity index (χ4n) is 2.57. The van der Waals surface area contributed by atoms with Crippen LogP contribution in [0.1, 0.15) is 36.2 Å². The predicted octanol–water partition coefficient (Wildman–Crippen LogP) is 3.14. The normalized spacial score (nSPS) is 10.2. The fourth-order valence-corrected chi connectivity index (χ4v) is 2.57. The van der Waals surface area contributed by atoms with Crippen LogP contribution in [0.2, 0.25) is 0 Å². The Labute approximate surface area is 137 Å². The Kier molecular flexibility index (Phi) is 5.93. The number of nitrogens with zero attached hydrogens (tertiary/aromatic N) is 3. The molecular formula is C18H22N4O. The molecule has 0 fully saturated rings. The molecule has 23 heavy (non-hydrogen) atoms. The van der Waals surface area contributed by atoms with Crippen LogP contribution >= 0.6 is 0 Å². The molecule has 5 nitrogen and oxygen atoms in total. The van der Waals surface area contributed by atoms with Crippen LogP contribution in [0.15, 0.2) is 24.3 Å². The van der Waals surface area contributed by atoms with Crippen LogP contribution in [0.5, 0.6) is 5.75 Å². The first kappa shape index (κ1) is 16.8. The van der Waals surface area contributed by atoms with Gasteiger partial charge in [-0.2, -0.15) is 10.4 Å². The van der Waals surface area contributed by atoms with Crippen molar-refractivity contribution in [3.8, 4) is 11.8 Å². The molecule has 2 aromatic rings. The monoisotopic (exact) mass is 310 g/mol. The summed E-state index contributed by atoms with van der Waals surface area (Å²) in [7, 11) is 1.66. The highest BCUT2D eigenvalue weighted by molar-refractivity contribution is 5.56. The Hall–Kier alpha value is -2.61. The summed E-state index contributed by atoms with van der Waals surface area (Å²) in [6.45, 7) is 4.75. The molecule has 0 aliphatic heterocycles. The van der Waals surface area contributed by atoms with E-state index in [2.05, 4.69) is 27.6 Å². The number of hydrogen-bond donors (Lipinski definition) is 1. The molecule has 0 atom stereocenters. The number of methoxy groups -OCH3 is 1. The molecule has 1 aromatic heterocycles. The first-order valence-corrected chi connectivity index (χ1v) is 7.88. The van der Waals surface area contributed by atoms with Gasteiger partial charge in [0.25, 0.3) is 0 Å². The molecule has 0 aliphatic rings. The zero-order valence-corrected chi connectivity index (χ0v) is 13.9. The van der Waals surface area contributed by atoms with Crippen molar-refractivity contribution in [2.24, 2.45) is 0 Å². The lowest BCUT2D eigenvalue weighted by Gasteiger charge is -2.12. The van der Waals surface area contributed by atoms with Gasteiger partial charge in [0.05, 0.1) is 12.8 Å². The van der Waals surface area contributed by atoms with E-state index in [0.717, 1.165) is 36.3 Å². The second-order valence-corrected chi connectivity index (χ2v) is 5.20. The molecule has 0 aliphatic carbocycles. The first-order chi connectivity index (χ1) is 11.2. The van der Waals surface area contributed by atoms with Gasteiger partial charge in [0.2, 0.25) is 0 Å². The Morgan fingerprint density at radius 3 is 2.70 bits per heavy atom. The summed E-state index contributed by atoms with van der Waals surface area (Å²) in [5.41, 5.74) is 3.69. The number of anilines is 1. The van der Waals surface area contributed by atoms with Crippen LogP contribution in [0.4, 0.5) is 5.82 Å². The lowest BCUT2D eigenvalue weighted by molar-refractivity contribution is 0.414. The van der Waals surface area contributed by atoms with E-state index < -0.39 is 0 Å². The Morgan fingerprint density at radius 1 is 1.22 bits per heavy atom. The van der Waals surface area contributed by atoms with E-state index in [1.165, 1.54) is 5.56 Å².